The zero-order valence-corrected chi connectivity index (χ0v) is 14.9. The van der Waals surface area contributed by atoms with Crippen molar-refractivity contribution in [2.24, 2.45) is 12.8 Å². The number of nitrogens with zero attached hydrogens (tertiary/aromatic N) is 1. The number of ether oxygens (including phenoxy) is 1. The zero-order valence-electron chi connectivity index (χ0n) is 14.1. The molecule has 4 heteroatoms. The Hall–Kier alpha value is -1.97. The van der Waals surface area contributed by atoms with E-state index in [1.807, 2.05) is 19.1 Å². The summed E-state index contributed by atoms with van der Waals surface area (Å²) in [4.78, 5) is 0. The average Bonchev–Trinajstić information content (AvgIpc) is 2.92. The number of nitrogens with two attached hydrogens (primary N) is 1. The van der Waals surface area contributed by atoms with E-state index < -0.39 is 0 Å². The van der Waals surface area contributed by atoms with Crippen LogP contribution in [0.1, 0.15) is 24.0 Å². The molecule has 0 aliphatic heterocycles. The van der Waals surface area contributed by atoms with Crippen LogP contribution in [0.5, 0.6) is 5.75 Å². The van der Waals surface area contributed by atoms with Gasteiger partial charge in [-0.3, -0.25) is 0 Å². The Kier molecular flexibility index (Phi) is 5.12. The number of benzene rings is 2. The van der Waals surface area contributed by atoms with Crippen LogP contribution < -0.4 is 10.5 Å². The minimum atomic E-state index is 0.255. The van der Waals surface area contributed by atoms with Crippen molar-refractivity contribution in [1.82, 2.24) is 4.57 Å². The molecule has 0 bridgehead atoms. The summed E-state index contributed by atoms with van der Waals surface area (Å²) in [6.45, 7) is 3.16. The quantitative estimate of drug-likeness (QED) is 0.715. The molecule has 0 radical (unpaired) electrons. The van der Waals surface area contributed by atoms with E-state index in [-0.39, 0.29) is 5.92 Å². The van der Waals surface area contributed by atoms with Gasteiger partial charge in [0.1, 0.15) is 5.75 Å². The van der Waals surface area contributed by atoms with Gasteiger partial charge in [-0.05, 0) is 49.2 Å². The maximum atomic E-state index is 6.32. The summed E-state index contributed by atoms with van der Waals surface area (Å²) < 4.78 is 7.67. The van der Waals surface area contributed by atoms with Gasteiger partial charge in [0.2, 0.25) is 0 Å². The molecule has 1 atom stereocenters. The lowest BCUT2D eigenvalue weighted by Gasteiger charge is -2.15. The predicted octanol–water partition coefficient (Wildman–Crippen LogP) is 4.52. The Bertz CT molecular complexity index is 841. The molecule has 0 aliphatic carbocycles. The Morgan fingerprint density at radius 1 is 1.21 bits per heavy atom. The first-order valence-corrected chi connectivity index (χ1v) is 8.67. The number of para-hydroxylation sites is 1. The molecule has 0 saturated carbocycles. The van der Waals surface area contributed by atoms with E-state index in [9.17, 15) is 0 Å². The van der Waals surface area contributed by atoms with Gasteiger partial charge >= 0.3 is 0 Å². The second-order valence-electron chi connectivity index (χ2n) is 6.05. The fourth-order valence-electron chi connectivity index (χ4n) is 3.25. The highest BCUT2D eigenvalue weighted by Crippen LogP contribution is 2.31. The van der Waals surface area contributed by atoms with Crippen LogP contribution in [-0.4, -0.2) is 17.7 Å². The van der Waals surface area contributed by atoms with E-state index in [4.69, 9.17) is 22.1 Å². The molecule has 3 rings (SSSR count). The number of halogens is 1. The Balaban J connectivity index is 1.90. The molecular weight excluding hydrogens is 320 g/mol. The van der Waals surface area contributed by atoms with Crippen molar-refractivity contribution < 1.29 is 4.74 Å². The Labute approximate surface area is 148 Å². The molecular formula is C20H23ClN2O. The van der Waals surface area contributed by atoms with Crippen LogP contribution in [0, 0.1) is 0 Å². The van der Waals surface area contributed by atoms with Crippen LogP contribution in [0.25, 0.3) is 10.9 Å². The summed E-state index contributed by atoms with van der Waals surface area (Å²) in [5.74, 6) is 0.988. The first-order chi connectivity index (χ1) is 11.6. The van der Waals surface area contributed by atoms with Gasteiger partial charge in [0.25, 0.3) is 0 Å². The van der Waals surface area contributed by atoms with E-state index in [1.165, 1.54) is 22.0 Å². The van der Waals surface area contributed by atoms with E-state index in [1.54, 1.807) is 0 Å². The highest BCUT2D eigenvalue weighted by Gasteiger charge is 2.17. The molecule has 0 amide bonds. The predicted molar refractivity (Wildman–Crippen MR) is 101 cm³/mol. The molecule has 0 spiro atoms. The maximum absolute atomic E-state index is 6.32. The minimum absolute atomic E-state index is 0.255. The van der Waals surface area contributed by atoms with Gasteiger partial charge in [0, 0.05) is 30.1 Å². The third-order valence-electron chi connectivity index (χ3n) is 4.43. The van der Waals surface area contributed by atoms with E-state index >= 15 is 0 Å². The topological polar surface area (TPSA) is 40.2 Å². The lowest BCUT2D eigenvalue weighted by molar-refractivity contribution is 0.340. The molecule has 2 aromatic carbocycles. The number of hydrogen-bond acceptors (Lipinski definition) is 2. The molecule has 0 fully saturated rings. The molecule has 0 aliphatic rings. The van der Waals surface area contributed by atoms with Crippen LogP contribution in [-0.2, 0) is 13.5 Å². The molecule has 0 saturated heterocycles. The van der Waals surface area contributed by atoms with Crippen molar-refractivity contribution in [1.29, 1.82) is 0 Å². The molecule has 3 aromatic rings. The van der Waals surface area contributed by atoms with Gasteiger partial charge in [-0.2, -0.15) is 0 Å². The number of fused-ring (bicyclic) bond motifs is 1. The van der Waals surface area contributed by atoms with Gasteiger partial charge in [0.05, 0.1) is 11.6 Å². The molecule has 1 unspecified atom stereocenters. The maximum Gasteiger partial charge on any atom is 0.137 e. The highest BCUT2D eigenvalue weighted by molar-refractivity contribution is 6.32. The fraction of sp³-hybridized carbons (Fsp3) is 0.300. The fourth-order valence-corrected chi connectivity index (χ4v) is 3.50. The van der Waals surface area contributed by atoms with Crippen molar-refractivity contribution in [3.63, 3.8) is 0 Å². The monoisotopic (exact) mass is 342 g/mol. The third kappa shape index (κ3) is 3.28. The van der Waals surface area contributed by atoms with Crippen molar-refractivity contribution >= 4 is 22.5 Å². The van der Waals surface area contributed by atoms with Crippen LogP contribution in [0.3, 0.4) is 0 Å². The molecule has 1 aromatic heterocycles. The summed E-state index contributed by atoms with van der Waals surface area (Å²) in [6, 6.07) is 14.4. The molecule has 126 valence electrons. The molecule has 1 heterocycles. The number of aromatic nitrogens is 1. The van der Waals surface area contributed by atoms with E-state index in [2.05, 4.69) is 48.1 Å². The SMILES string of the molecule is CCOc1ccc(CC(CN)c2cn(C)c3ccccc23)cc1Cl. The lowest BCUT2D eigenvalue weighted by atomic mass is 9.92. The second kappa shape index (κ2) is 7.29. The molecule has 2 N–H and O–H groups in total. The van der Waals surface area contributed by atoms with Gasteiger partial charge in [-0.25, -0.2) is 0 Å². The summed E-state index contributed by atoms with van der Waals surface area (Å²) in [5, 5.41) is 1.93. The highest BCUT2D eigenvalue weighted by atomic mass is 35.5. The molecule has 24 heavy (non-hydrogen) atoms. The van der Waals surface area contributed by atoms with Crippen LogP contribution >= 0.6 is 11.6 Å². The standard InChI is InChI=1S/C20H23ClN2O/c1-3-24-20-9-8-14(11-18(20)21)10-15(12-22)17-13-23(2)19-7-5-4-6-16(17)19/h4-9,11,13,15H,3,10,12,22H2,1-2H3. The van der Waals surface area contributed by atoms with Crippen LogP contribution in [0.4, 0.5) is 0 Å². The summed E-state index contributed by atoms with van der Waals surface area (Å²) in [6.07, 6.45) is 3.05. The average molecular weight is 343 g/mol. The van der Waals surface area contributed by atoms with Gasteiger partial charge in [-0.1, -0.05) is 35.9 Å². The van der Waals surface area contributed by atoms with Crippen molar-refractivity contribution in [3.8, 4) is 5.75 Å². The van der Waals surface area contributed by atoms with Crippen molar-refractivity contribution in [3.05, 3.63) is 64.8 Å². The first-order valence-electron chi connectivity index (χ1n) is 8.29. The van der Waals surface area contributed by atoms with Crippen molar-refractivity contribution in [2.45, 2.75) is 19.3 Å². The summed E-state index contributed by atoms with van der Waals surface area (Å²) in [7, 11) is 2.08. The van der Waals surface area contributed by atoms with Crippen LogP contribution in [0.2, 0.25) is 5.02 Å². The number of aryl methyl sites for hydroxylation is 1. The normalized spacial score (nSPS) is 12.5. The van der Waals surface area contributed by atoms with E-state index in [0.717, 1.165) is 12.2 Å². The zero-order chi connectivity index (χ0) is 17.1. The summed E-state index contributed by atoms with van der Waals surface area (Å²) >= 11 is 6.32. The second-order valence-corrected chi connectivity index (χ2v) is 6.45. The lowest BCUT2D eigenvalue weighted by Crippen LogP contribution is -2.15. The summed E-state index contributed by atoms with van der Waals surface area (Å²) in [5.41, 5.74) is 9.80. The smallest absolute Gasteiger partial charge is 0.137 e. The largest absolute Gasteiger partial charge is 0.492 e. The first kappa shape index (κ1) is 16.9. The van der Waals surface area contributed by atoms with Gasteiger partial charge < -0.3 is 15.0 Å². The molecule has 3 nitrogen and oxygen atoms in total. The van der Waals surface area contributed by atoms with Gasteiger partial charge in [0.15, 0.2) is 0 Å². The van der Waals surface area contributed by atoms with Gasteiger partial charge in [-0.15, -0.1) is 0 Å². The Morgan fingerprint density at radius 3 is 2.71 bits per heavy atom. The number of rotatable bonds is 6. The van der Waals surface area contributed by atoms with Crippen LogP contribution in [0.15, 0.2) is 48.7 Å². The minimum Gasteiger partial charge on any atom is -0.492 e. The Morgan fingerprint density at radius 2 is 2.00 bits per heavy atom. The van der Waals surface area contributed by atoms with Crippen molar-refractivity contribution in [2.75, 3.05) is 13.2 Å². The third-order valence-corrected chi connectivity index (χ3v) is 4.73. The van der Waals surface area contributed by atoms with E-state index in [0.29, 0.717) is 18.2 Å². The number of hydrogen-bond donors (Lipinski definition) is 1.